The summed E-state index contributed by atoms with van der Waals surface area (Å²) >= 11 is 0. The third-order valence-electron chi connectivity index (χ3n) is 3.33. The number of rotatable bonds is 7. The van der Waals surface area contributed by atoms with Crippen LogP contribution in [0.1, 0.15) is 31.1 Å². The molecule has 0 saturated carbocycles. The number of hydrogen-bond acceptors (Lipinski definition) is 4. The normalized spacial score (nSPS) is 11.1. The number of benzene rings is 1. The molecule has 1 heterocycles. The second-order valence-corrected chi connectivity index (χ2v) is 5.68. The van der Waals surface area contributed by atoms with Gasteiger partial charge in [-0.3, -0.25) is 0 Å². The Morgan fingerprint density at radius 3 is 2.76 bits per heavy atom. The highest BCUT2D eigenvalue weighted by Crippen LogP contribution is 2.15. The van der Waals surface area contributed by atoms with E-state index in [-0.39, 0.29) is 0 Å². The van der Waals surface area contributed by atoms with Crippen molar-refractivity contribution in [2.45, 2.75) is 33.9 Å². The topological polar surface area (TPSA) is 52.0 Å². The van der Waals surface area contributed by atoms with E-state index in [0.29, 0.717) is 12.5 Å². The summed E-state index contributed by atoms with van der Waals surface area (Å²) in [5.74, 6) is 3.24. The van der Waals surface area contributed by atoms with Crippen LogP contribution < -0.4 is 10.1 Å². The second kappa shape index (κ2) is 7.22. The maximum absolute atomic E-state index is 5.80. The van der Waals surface area contributed by atoms with Gasteiger partial charge in [0.1, 0.15) is 18.2 Å². The first kappa shape index (κ1) is 15.5. The van der Waals surface area contributed by atoms with Crippen LogP contribution in [0.2, 0.25) is 0 Å². The van der Waals surface area contributed by atoms with Gasteiger partial charge in [0.05, 0.1) is 0 Å². The molecule has 1 N–H and O–H groups in total. The molecule has 0 bridgehead atoms. The van der Waals surface area contributed by atoms with Crippen LogP contribution in [-0.2, 0) is 20.2 Å². The third-order valence-corrected chi connectivity index (χ3v) is 3.33. The van der Waals surface area contributed by atoms with Gasteiger partial charge in [-0.1, -0.05) is 26.0 Å². The number of hydrogen-bond donors (Lipinski definition) is 1. The van der Waals surface area contributed by atoms with Gasteiger partial charge in [-0.05, 0) is 37.1 Å². The number of nitrogens with zero attached hydrogens (tertiary/aromatic N) is 3. The highest BCUT2D eigenvalue weighted by atomic mass is 16.5. The molecular formula is C16H24N4O. The van der Waals surface area contributed by atoms with Gasteiger partial charge in [0.15, 0.2) is 5.82 Å². The standard InChI is InChI=1S/C16H24N4O/c1-12(2)9-17-10-14-6-5-7-15(8-14)21-11-16-19-18-13(3)20(16)4/h5-8,12,17H,9-11H2,1-4H3. The average molecular weight is 288 g/mol. The fourth-order valence-electron chi connectivity index (χ4n) is 1.98. The Morgan fingerprint density at radius 1 is 1.29 bits per heavy atom. The molecule has 0 fully saturated rings. The maximum Gasteiger partial charge on any atom is 0.170 e. The van der Waals surface area contributed by atoms with Crippen LogP contribution in [0.5, 0.6) is 5.75 Å². The Balaban J connectivity index is 1.90. The number of nitrogens with one attached hydrogen (secondary N) is 1. The van der Waals surface area contributed by atoms with Gasteiger partial charge in [0, 0.05) is 13.6 Å². The van der Waals surface area contributed by atoms with E-state index < -0.39 is 0 Å². The van der Waals surface area contributed by atoms with Gasteiger partial charge in [-0.25, -0.2) is 0 Å². The smallest absolute Gasteiger partial charge is 0.170 e. The lowest BCUT2D eigenvalue weighted by Gasteiger charge is -2.10. The van der Waals surface area contributed by atoms with Crippen LogP contribution in [-0.4, -0.2) is 21.3 Å². The predicted octanol–water partition coefficient (Wildman–Crippen LogP) is 2.45. The highest BCUT2D eigenvalue weighted by molar-refractivity contribution is 5.28. The van der Waals surface area contributed by atoms with Crippen molar-refractivity contribution < 1.29 is 4.74 Å². The summed E-state index contributed by atoms with van der Waals surface area (Å²) in [6.07, 6.45) is 0. The summed E-state index contributed by atoms with van der Waals surface area (Å²) in [5, 5.41) is 11.6. The van der Waals surface area contributed by atoms with Gasteiger partial charge in [-0.2, -0.15) is 0 Å². The molecule has 21 heavy (non-hydrogen) atoms. The van der Waals surface area contributed by atoms with Crippen LogP contribution in [0.25, 0.3) is 0 Å². The number of aryl methyl sites for hydroxylation is 1. The lowest BCUT2D eigenvalue weighted by Crippen LogP contribution is -2.18. The highest BCUT2D eigenvalue weighted by Gasteiger charge is 2.06. The lowest BCUT2D eigenvalue weighted by molar-refractivity contribution is 0.290. The SMILES string of the molecule is Cc1nnc(COc2cccc(CNCC(C)C)c2)n1C. The Kier molecular flexibility index (Phi) is 5.33. The molecular weight excluding hydrogens is 264 g/mol. The van der Waals surface area contributed by atoms with E-state index in [2.05, 4.69) is 41.5 Å². The molecule has 0 saturated heterocycles. The molecule has 0 aliphatic carbocycles. The van der Waals surface area contributed by atoms with Gasteiger partial charge in [-0.15, -0.1) is 10.2 Å². The minimum Gasteiger partial charge on any atom is -0.486 e. The molecule has 0 radical (unpaired) electrons. The largest absolute Gasteiger partial charge is 0.486 e. The van der Waals surface area contributed by atoms with Crippen LogP contribution >= 0.6 is 0 Å². The second-order valence-electron chi connectivity index (χ2n) is 5.68. The van der Waals surface area contributed by atoms with Crippen molar-refractivity contribution in [3.8, 4) is 5.75 Å². The molecule has 5 heteroatoms. The van der Waals surface area contributed by atoms with Gasteiger partial charge in [0.2, 0.25) is 0 Å². The van der Waals surface area contributed by atoms with E-state index in [1.807, 2.05) is 30.7 Å². The Hall–Kier alpha value is -1.88. The number of ether oxygens (including phenoxy) is 1. The van der Waals surface area contributed by atoms with E-state index >= 15 is 0 Å². The van der Waals surface area contributed by atoms with Crippen LogP contribution in [0.3, 0.4) is 0 Å². The third kappa shape index (κ3) is 4.56. The van der Waals surface area contributed by atoms with Crippen molar-refractivity contribution in [2.75, 3.05) is 6.54 Å². The zero-order chi connectivity index (χ0) is 15.2. The first-order valence-electron chi connectivity index (χ1n) is 7.33. The fraction of sp³-hybridized carbons (Fsp3) is 0.500. The quantitative estimate of drug-likeness (QED) is 0.850. The van der Waals surface area contributed by atoms with Crippen molar-refractivity contribution in [3.63, 3.8) is 0 Å². The van der Waals surface area contributed by atoms with Gasteiger partial charge in [0.25, 0.3) is 0 Å². The molecule has 0 spiro atoms. The van der Waals surface area contributed by atoms with E-state index in [0.717, 1.165) is 30.5 Å². The molecule has 0 unspecified atom stereocenters. The molecule has 2 rings (SSSR count). The summed E-state index contributed by atoms with van der Waals surface area (Å²) < 4.78 is 7.74. The van der Waals surface area contributed by atoms with Crippen molar-refractivity contribution in [3.05, 3.63) is 41.5 Å². The van der Waals surface area contributed by atoms with Crippen molar-refractivity contribution in [1.29, 1.82) is 0 Å². The first-order valence-corrected chi connectivity index (χ1v) is 7.33. The summed E-state index contributed by atoms with van der Waals surface area (Å²) in [6.45, 7) is 8.64. The first-order chi connectivity index (χ1) is 10.1. The molecule has 1 aromatic carbocycles. The van der Waals surface area contributed by atoms with Crippen LogP contribution in [0.15, 0.2) is 24.3 Å². The Bertz CT molecular complexity index is 577. The van der Waals surface area contributed by atoms with E-state index in [9.17, 15) is 0 Å². The van der Waals surface area contributed by atoms with Crippen molar-refractivity contribution in [2.24, 2.45) is 13.0 Å². The molecule has 0 aliphatic rings. The number of aromatic nitrogens is 3. The zero-order valence-corrected chi connectivity index (χ0v) is 13.3. The molecule has 5 nitrogen and oxygen atoms in total. The lowest BCUT2D eigenvalue weighted by atomic mass is 10.2. The Morgan fingerprint density at radius 2 is 2.10 bits per heavy atom. The van der Waals surface area contributed by atoms with E-state index in [1.165, 1.54) is 5.56 Å². The van der Waals surface area contributed by atoms with Crippen molar-refractivity contribution >= 4 is 0 Å². The molecule has 0 aliphatic heterocycles. The summed E-state index contributed by atoms with van der Waals surface area (Å²) in [7, 11) is 1.94. The van der Waals surface area contributed by atoms with Gasteiger partial charge < -0.3 is 14.6 Å². The molecule has 2 aromatic rings. The average Bonchev–Trinajstić information content (AvgIpc) is 2.77. The monoisotopic (exact) mass is 288 g/mol. The van der Waals surface area contributed by atoms with E-state index in [1.54, 1.807) is 0 Å². The maximum atomic E-state index is 5.80. The summed E-state index contributed by atoms with van der Waals surface area (Å²) in [6, 6.07) is 8.15. The molecule has 0 amide bonds. The van der Waals surface area contributed by atoms with Crippen LogP contribution in [0.4, 0.5) is 0 Å². The molecule has 114 valence electrons. The van der Waals surface area contributed by atoms with Gasteiger partial charge >= 0.3 is 0 Å². The van der Waals surface area contributed by atoms with Crippen LogP contribution in [0, 0.1) is 12.8 Å². The van der Waals surface area contributed by atoms with Crippen molar-refractivity contribution in [1.82, 2.24) is 20.1 Å². The summed E-state index contributed by atoms with van der Waals surface area (Å²) in [5.41, 5.74) is 1.22. The molecule has 1 aromatic heterocycles. The predicted molar refractivity (Wildman–Crippen MR) is 83.1 cm³/mol. The summed E-state index contributed by atoms with van der Waals surface area (Å²) in [4.78, 5) is 0. The minimum atomic E-state index is 0.431. The minimum absolute atomic E-state index is 0.431. The van der Waals surface area contributed by atoms with E-state index in [4.69, 9.17) is 4.74 Å². The Labute approximate surface area is 126 Å². The zero-order valence-electron chi connectivity index (χ0n) is 13.3. The fourth-order valence-corrected chi connectivity index (χ4v) is 1.98. The molecule has 0 atom stereocenters.